The van der Waals surface area contributed by atoms with Crippen molar-refractivity contribution in [1.82, 2.24) is 15.1 Å². The molecule has 0 saturated carbocycles. The van der Waals surface area contributed by atoms with Crippen LogP contribution in [0.25, 0.3) is 0 Å². The van der Waals surface area contributed by atoms with E-state index in [0.29, 0.717) is 23.2 Å². The van der Waals surface area contributed by atoms with Crippen LogP contribution < -0.4 is 20.1 Å². The third-order valence-corrected chi connectivity index (χ3v) is 3.07. The van der Waals surface area contributed by atoms with Crippen LogP contribution in [0.1, 0.15) is 5.56 Å². The zero-order valence-electron chi connectivity index (χ0n) is 12.2. The number of hydrogen-bond acceptors (Lipinski definition) is 4. The monoisotopic (exact) mass is 306 g/mol. The van der Waals surface area contributed by atoms with E-state index < -0.39 is 0 Å². The summed E-state index contributed by atoms with van der Waals surface area (Å²) in [5.41, 5.74) is 1.86. The molecule has 0 amide bonds. The molecule has 21 heavy (non-hydrogen) atoms. The Morgan fingerprint density at radius 1 is 1.24 bits per heavy atom. The van der Waals surface area contributed by atoms with E-state index in [1.807, 2.05) is 25.4 Å². The van der Waals surface area contributed by atoms with E-state index in [2.05, 4.69) is 15.7 Å². The van der Waals surface area contributed by atoms with Crippen molar-refractivity contribution in [3.05, 3.63) is 36.2 Å². The lowest BCUT2D eigenvalue weighted by molar-refractivity contribution is 0.395. The number of nitrogens with zero attached hydrogens (tertiary/aromatic N) is 2. The van der Waals surface area contributed by atoms with Gasteiger partial charge < -0.3 is 20.1 Å². The second-order valence-corrected chi connectivity index (χ2v) is 4.84. The topological polar surface area (TPSA) is 60.3 Å². The number of aromatic nitrogens is 2. The molecule has 2 aromatic rings. The van der Waals surface area contributed by atoms with Crippen LogP contribution >= 0.6 is 12.2 Å². The first-order valence-corrected chi connectivity index (χ1v) is 6.77. The van der Waals surface area contributed by atoms with Gasteiger partial charge in [-0.3, -0.25) is 4.68 Å². The zero-order chi connectivity index (χ0) is 15.2. The Balaban J connectivity index is 1.95. The molecular weight excluding hydrogens is 288 g/mol. The van der Waals surface area contributed by atoms with Crippen molar-refractivity contribution in [1.29, 1.82) is 0 Å². The molecule has 0 aliphatic carbocycles. The summed E-state index contributed by atoms with van der Waals surface area (Å²) in [4.78, 5) is 0. The van der Waals surface area contributed by atoms with Crippen molar-refractivity contribution in [3.8, 4) is 11.5 Å². The Bertz CT molecular complexity index is 605. The molecule has 0 unspecified atom stereocenters. The summed E-state index contributed by atoms with van der Waals surface area (Å²) < 4.78 is 12.2. The van der Waals surface area contributed by atoms with Gasteiger partial charge in [0.15, 0.2) is 5.11 Å². The lowest BCUT2D eigenvalue weighted by Gasteiger charge is -2.12. The first kappa shape index (κ1) is 15.1. The van der Waals surface area contributed by atoms with Gasteiger partial charge in [-0.15, -0.1) is 0 Å². The van der Waals surface area contributed by atoms with E-state index in [9.17, 15) is 0 Å². The fourth-order valence-electron chi connectivity index (χ4n) is 1.80. The van der Waals surface area contributed by atoms with Crippen molar-refractivity contribution in [3.63, 3.8) is 0 Å². The molecule has 6 nitrogen and oxygen atoms in total. The number of benzene rings is 1. The first-order chi connectivity index (χ1) is 10.1. The number of thiocarbonyl (C=S) groups is 1. The highest BCUT2D eigenvalue weighted by Crippen LogP contribution is 2.25. The molecule has 1 aromatic heterocycles. The van der Waals surface area contributed by atoms with E-state index in [0.717, 1.165) is 11.3 Å². The van der Waals surface area contributed by atoms with Gasteiger partial charge in [-0.2, -0.15) is 5.10 Å². The van der Waals surface area contributed by atoms with Gasteiger partial charge in [-0.1, -0.05) is 0 Å². The summed E-state index contributed by atoms with van der Waals surface area (Å²) >= 11 is 5.27. The highest BCUT2D eigenvalue weighted by atomic mass is 32.1. The smallest absolute Gasteiger partial charge is 0.171 e. The van der Waals surface area contributed by atoms with Crippen LogP contribution in [0.15, 0.2) is 30.6 Å². The van der Waals surface area contributed by atoms with Crippen LogP contribution in [0.2, 0.25) is 0 Å². The fraction of sp³-hybridized carbons (Fsp3) is 0.286. The summed E-state index contributed by atoms with van der Waals surface area (Å²) in [5.74, 6) is 1.40. The third-order valence-electron chi connectivity index (χ3n) is 2.82. The average molecular weight is 306 g/mol. The lowest BCUT2D eigenvalue weighted by Crippen LogP contribution is -2.27. The molecule has 112 valence electrons. The van der Waals surface area contributed by atoms with E-state index in [1.165, 1.54) is 0 Å². The molecule has 0 fully saturated rings. The molecule has 7 heteroatoms. The predicted octanol–water partition coefficient (Wildman–Crippen LogP) is 1.92. The highest BCUT2D eigenvalue weighted by Gasteiger charge is 2.04. The maximum absolute atomic E-state index is 5.27. The van der Waals surface area contributed by atoms with Gasteiger partial charge in [0, 0.05) is 49.2 Å². The average Bonchev–Trinajstić information content (AvgIpc) is 2.90. The Morgan fingerprint density at radius 2 is 1.90 bits per heavy atom. The molecule has 2 N–H and O–H groups in total. The molecular formula is C14H18N4O2S. The van der Waals surface area contributed by atoms with Gasteiger partial charge in [0.25, 0.3) is 0 Å². The number of methoxy groups -OCH3 is 2. The Kier molecular flexibility index (Phi) is 4.99. The fourth-order valence-corrected chi connectivity index (χ4v) is 1.99. The van der Waals surface area contributed by atoms with Crippen LogP contribution in [0.5, 0.6) is 11.5 Å². The van der Waals surface area contributed by atoms with Crippen molar-refractivity contribution in [2.24, 2.45) is 7.05 Å². The summed E-state index contributed by atoms with van der Waals surface area (Å²) in [6.45, 7) is 0.612. The van der Waals surface area contributed by atoms with Gasteiger partial charge >= 0.3 is 0 Å². The standard InChI is InChI=1S/C14H18N4O2S/c1-18-9-10(8-16-18)7-15-14(21)17-11-4-12(19-2)6-13(5-11)20-3/h4-6,8-9H,7H2,1-3H3,(H2,15,17,21). The predicted molar refractivity (Wildman–Crippen MR) is 85.8 cm³/mol. The highest BCUT2D eigenvalue weighted by molar-refractivity contribution is 7.80. The van der Waals surface area contributed by atoms with Gasteiger partial charge in [-0.25, -0.2) is 0 Å². The van der Waals surface area contributed by atoms with Crippen LogP contribution in [-0.2, 0) is 13.6 Å². The van der Waals surface area contributed by atoms with Crippen LogP contribution in [0, 0.1) is 0 Å². The Morgan fingerprint density at radius 3 is 2.43 bits per heavy atom. The van der Waals surface area contributed by atoms with Crippen molar-refractivity contribution >= 4 is 23.0 Å². The second-order valence-electron chi connectivity index (χ2n) is 4.43. The SMILES string of the molecule is COc1cc(NC(=S)NCc2cnn(C)c2)cc(OC)c1. The van der Waals surface area contributed by atoms with E-state index in [1.54, 1.807) is 31.2 Å². The normalized spacial score (nSPS) is 10.0. The van der Waals surface area contributed by atoms with Crippen LogP contribution in [-0.4, -0.2) is 29.1 Å². The number of anilines is 1. The largest absolute Gasteiger partial charge is 0.497 e. The van der Waals surface area contributed by atoms with E-state index >= 15 is 0 Å². The van der Waals surface area contributed by atoms with Crippen molar-refractivity contribution < 1.29 is 9.47 Å². The quantitative estimate of drug-likeness (QED) is 0.823. The van der Waals surface area contributed by atoms with Gasteiger partial charge in [0.1, 0.15) is 11.5 Å². The molecule has 1 aromatic carbocycles. The summed E-state index contributed by atoms with van der Waals surface area (Å²) in [6, 6.07) is 5.50. The van der Waals surface area contributed by atoms with E-state index in [-0.39, 0.29) is 0 Å². The molecule has 0 spiro atoms. The number of ether oxygens (including phenoxy) is 2. The van der Waals surface area contributed by atoms with Crippen LogP contribution in [0.3, 0.4) is 0 Å². The minimum atomic E-state index is 0.522. The molecule has 0 aliphatic rings. The number of hydrogen-bond donors (Lipinski definition) is 2. The van der Waals surface area contributed by atoms with Gasteiger partial charge in [0.2, 0.25) is 0 Å². The molecule has 1 heterocycles. The second kappa shape index (κ2) is 6.94. The number of rotatable bonds is 5. The van der Waals surface area contributed by atoms with Gasteiger partial charge in [0.05, 0.1) is 20.4 Å². The Labute approximate surface area is 129 Å². The molecule has 0 radical (unpaired) electrons. The molecule has 2 rings (SSSR count). The molecule has 0 atom stereocenters. The minimum Gasteiger partial charge on any atom is -0.497 e. The van der Waals surface area contributed by atoms with E-state index in [4.69, 9.17) is 21.7 Å². The maximum atomic E-state index is 5.27. The number of aryl methyl sites for hydroxylation is 1. The first-order valence-electron chi connectivity index (χ1n) is 6.36. The summed E-state index contributed by atoms with van der Waals surface area (Å²) in [6.07, 6.45) is 3.73. The van der Waals surface area contributed by atoms with Crippen LogP contribution in [0.4, 0.5) is 5.69 Å². The Hall–Kier alpha value is -2.28. The summed E-state index contributed by atoms with van der Waals surface area (Å²) in [7, 11) is 5.09. The lowest BCUT2D eigenvalue weighted by atomic mass is 10.3. The minimum absolute atomic E-state index is 0.522. The summed E-state index contributed by atoms with van der Waals surface area (Å²) in [5, 5.41) is 10.8. The number of nitrogens with one attached hydrogen (secondary N) is 2. The molecule has 0 saturated heterocycles. The van der Waals surface area contributed by atoms with Crippen molar-refractivity contribution in [2.45, 2.75) is 6.54 Å². The molecule has 0 aliphatic heterocycles. The third kappa shape index (κ3) is 4.35. The van der Waals surface area contributed by atoms with Crippen molar-refractivity contribution in [2.75, 3.05) is 19.5 Å². The molecule has 0 bridgehead atoms. The maximum Gasteiger partial charge on any atom is 0.171 e. The van der Waals surface area contributed by atoms with Gasteiger partial charge in [-0.05, 0) is 12.2 Å². The zero-order valence-corrected chi connectivity index (χ0v) is 13.0.